The number of hydrogen-bond donors (Lipinski definition) is 0. The lowest BCUT2D eigenvalue weighted by Crippen LogP contribution is -2.62. The Morgan fingerprint density at radius 2 is 1.67 bits per heavy atom. The van der Waals surface area contributed by atoms with Crippen LogP contribution in [0, 0.1) is 11.8 Å². The summed E-state index contributed by atoms with van der Waals surface area (Å²) < 4.78 is 0. The van der Waals surface area contributed by atoms with Crippen LogP contribution in [0.4, 0.5) is 0 Å². The average Bonchev–Trinajstić information content (AvgIpc) is 2.46. The van der Waals surface area contributed by atoms with Crippen molar-refractivity contribution in [1.82, 2.24) is 9.80 Å². The highest BCUT2D eigenvalue weighted by molar-refractivity contribution is 6.00. The van der Waals surface area contributed by atoms with Crippen LogP contribution in [0.15, 0.2) is 30.3 Å². The van der Waals surface area contributed by atoms with Crippen molar-refractivity contribution in [2.24, 2.45) is 11.8 Å². The Morgan fingerprint density at radius 3 is 2.19 bits per heavy atom. The van der Waals surface area contributed by atoms with Crippen LogP contribution in [-0.2, 0) is 16.1 Å². The van der Waals surface area contributed by atoms with Gasteiger partial charge >= 0.3 is 0 Å². The van der Waals surface area contributed by atoms with Gasteiger partial charge in [0.15, 0.2) is 0 Å². The Hall–Kier alpha value is -1.68. The standard InChI is InChI=1S/C17H22N2O2/c1-12-8-15(13(12)2)19-16(20)10-18(11-17(19)21)9-14-6-4-3-5-7-14/h3-7,12-13,15H,8-11H2,1-2H3. The summed E-state index contributed by atoms with van der Waals surface area (Å²) in [4.78, 5) is 28.2. The maximum absolute atomic E-state index is 12.4. The number of benzene rings is 1. The molecule has 3 atom stereocenters. The Kier molecular flexibility index (Phi) is 3.81. The molecule has 21 heavy (non-hydrogen) atoms. The molecule has 0 aromatic heterocycles. The fourth-order valence-electron chi connectivity index (χ4n) is 3.39. The fraction of sp³-hybridized carbons (Fsp3) is 0.529. The van der Waals surface area contributed by atoms with Gasteiger partial charge in [-0.05, 0) is 23.8 Å². The van der Waals surface area contributed by atoms with Gasteiger partial charge in [-0.25, -0.2) is 0 Å². The first-order chi connectivity index (χ1) is 10.1. The Labute approximate surface area is 125 Å². The molecule has 3 rings (SSSR count). The van der Waals surface area contributed by atoms with Gasteiger partial charge in [0.25, 0.3) is 0 Å². The first-order valence-corrected chi connectivity index (χ1v) is 7.67. The summed E-state index contributed by atoms with van der Waals surface area (Å²) >= 11 is 0. The second-order valence-electron chi connectivity index (χ2n) is 6.43. The lowest BCUT2D eigenvalue weighted by Gasteiger charge is -2.48. The molecule has 2 amide bonds. The van der Waals surface area contributed by atoms with Gasteiger partial charge in [-0.2, -0.15) is 0 Å². The molecule has 1 saturated heterocycles. The molecular formula is C17H22N2O2. The van der Waals surface area contributed by atoms with Crippen LogP contribution in [0.3, 0.4) is 0 Å². The molecule has 1 heterocycles. The summed E-state index contributed by atoms with van der Waals surface area (Å²) in [5.74, 6) is 0.966. The van der Waals surface area contributed by atoms with Gasteiger partial charge in [-0.1, -0.05) is 44.2 Å². The lowest BCUT2D eigenvalue weighted by atomic mass is 9.70. The second-order valence-corrected chi connectivity index (χ2v) is 6.43. The zero-order chi connectivity index (χ0) is 15.0. The Bertz CT molecular complexity index is 525. The summed E-state index contributed by atoms with van der Waals surface area (Å²) in [5, 5.41) is 0. The molecule has 1 aromatic carbocycles. The van der Waals surface area contributed by atoms with Crippen LogP contribution < -0.4 is 0 Å². The number of rotatable bonds is 3. The largest absolute Gasteiger partial charge is 0.281 e. The zero-order valence-electron chi connectivity index (χ0n) is 12.7. The molecule has 112 valence electrons. The van der Waals surface area contributed by atoms with Crippen molar-refractivity contribution in [2.75, 3.05) is 13.1 Å². The SMILES string of the molecule is CC1CC(N2C(=O)CN(Cc3ccccc3)CC2=O)C1C. The molecule has 0 radical (unpaired) electrons. The minimum absolute atomic E-state index is 0.0362. The maximum Gasteiger partial charge on any atom is 0.243 e. The van der Waals surface area contributed by atoms with Crippen LogP contribution in [0.1, 0.15) is 25.8 Å². The van der Waals surface area contributed by atoms with E-state index in [9.17, 15) is 9.59 Å². The predicted molar refractivity (Wildman–Crippen MR) is 80.3 cm³/mol. The van der Waals surface area contributed by atoms with Crippen LogP contribution in [0.5, 0.6) is 0 Å². The summed E-state index contributed by atoms with van der Waals surface area (Å²) in [7, 11) is 0. The van der Waals surface area contributed by atoms with Crippen molar-refractivity contribution >= 4 is 11.8 Å². The molecule has 2 aliphatic rings. The molecule has 1 aliphatic carbocycles. The summed E-state index contributed by atoms with van der Waals surface area (Å²) in [6.45, 7) is 5.66. The van der Waals surface area contributed by atoms with Gasteiger partial charge in [0.05, 0.1) is 13.1 Å². The summed E-state index contributed by atoms with van der Waals surface area (Å²) in [6.07, 6.45) is 0.956. The van der Waals surface area contributed by atoms with Crippen LogP contribution in [0.2, 0.25) is 0 Å². The summed E-state index contributed by atoms with van der Waals surface area (Å²) in [6, 6.07) is 10.1. The highest BCUT2D eigenvalue weighted by atomic mass is 16.2. The predicted octanol–water partition coefficient (Wildman–Crippen LogP) is 1.90. The van der Waals surface area contributed by atoms with Crippen molar-refractivity contribution in [3.05, 3.63) is 35.9 Å². The topological polar surface area (TPSA) is 40.6 Å². The molecule has 1 aromatic rings. The second kappa shape index (κ2) is 5.60. The minimum atomic E-state index is -0.0362. The number of carbonyl (C=O) groups is 2. The van der Waals surface area contributed by atoms with Gasteiger partial charge in [-0.3, -0.25) is 19.4 Å². The van der Waals surface area contributed by atoms with Crippen molar-refractivity contribution in [2.45, 2.75) is 32.9 Å². The van der Waals surface area contributed by atoms with E-state index in [1.165, 1.54) is 4.90 Å². The molecule has 3 unspecified atom stereocenters. The number of amides is 2. The highest BCUT2D eigenvalue weighted by Gasteiger charge is 2.45. The van der Waals surface area contributed by atoms with Gasteiger partial charge in [-0.15, -0.1) is 0 Å². The summed E-state index contributed by atoms with van der Waals surface area (Å²) in [5.41, 5.74) is 1.14. The molecule has 1 saturated carbocycles. The average molecular weight is 286 g/mol. The van der Waals surface area contributed by atoms with E-state index in [-0.39, 0.29) is 17.9 Å². The normalized spacial score (nSPS) is 30.4. The van der Waals surface area contributed by atoms with Crippen molar-refractivity contribution in [3.63, 3.8) is 0 Å². The third-order valence-corrected chi connectivity index (χ3v) is 4.95. The van der Waals surface area contributed by atoms with E-state index in [0.29, 0.717) is 31.5 Å². The monoisotopic (exact) mass is 286 g/mol. The number of imide groups is 1. The molecule has 1 aliphatic heterocycles. The molecule has 0 spiro atoms. The molecule has 4 heteroatoms. The smallest absolute Gasteiger partial charge is 0.243 e. The van der Waals surface area contributed by atoms with E-state index in [0.717, 1.165) is 12.0 Å². The van der Waals surface area contributed by atoms with E-state index in [1.54, 1.807) is 0 Å². The van der Waals surface area contributed by atoms with E-state index in [2.05, 4.69) is 13.8 Å². The highest BCUT2D eigenvalue weighted by Crippen LogP contribution is 2.38. The van der Waals surface area contributed by atoms with E-state index in [4.69, 9.17) is 0 Å². The third kappa shape index (κ3) is 2.72. The van der Waals surface area contributed by atoms with Gasteiger partial charge in [0.1, 0.15) is 0 Å². The lowest BCUT2D eigenvalue weighted by molar-refractivity contribution is -0.160. The molecule has 4 nitrogen and oxygen atoms in total. The van der Waals surface area contributed by atoms with Gasteiger partial charge in [0, 0.05) is 12.6 Å². The molecule has 0 N–H and O–H groups in total. The number of piperazine rings is 1. The maximum atomic E-state index is 12.4. The Balaban J connectivity index is 1.65. The molecule has 0 bridgehead atoms. The van der Waals surface area contributed by atoms with Crippen LogP contribution in [0.25, 0.3) is 0 Å². The fourth-order valence-corrected chi connectivity index (χ4v) is 3.39. The molecule has 2 fully saturated rings. The number of hydrogen-bond acceptors (Lipinski definition) is 3. The van der Waals surface area contributed by atoms with Crippen molar-refractivity contribution in [3.8, 4) is 0 Å². The zero-order valence-corrected chi connectivity index (χ0v) is 12.7. The molecular weight excluding hydrogens is 264 g/mol. The van der Waals surface area contributed by atoms with Crippen LogP contribution >= 0.6 is 0 Å². The Morgan fingerprint density at radius 1 is 1.05 bits per heavy atom. The van der Waals surface area contributed by atoms with E-state index < -0.39 is 0 Å². The van der Waals surface area contributed by atoms with Crippen molar-refractivity contribution < 1.29 is 9.59 Å². The number of carbonyl (C=O) groups excluding carboxylic acids is 2. The third-order valence-electron chi connectivity index (χ3n) is 4.95. The number of nitrogens with zero attached hydrogens (tertiary/aromatic N) is 2. The van der Waals surface area contributed by atoms with E-state index >= 15 is 0 Å². The first kappa shape index (κ1) is 14.3. The van der Waals surface area contributed by atoms with Gasteiger partial charge in [0.2, 0.25) is 11.8 Å². The van der Waals surface area contributed by atoms with Crippen LogP contribution in [-0.4, -0.2) is 40.7 Å². The minimum Gasteiger partial charge on any atom is -0.281 e. The van der Waals surface area contributed by atoms with Gasteiger partial charge < -0.3 is 0 Å². The quantitative estimate of drug-likeness (QED) is 0.797. The first-order valence-electron chi connectivity index (χ1n) is 7.67. The van der Waals surface area contributed by atoms with E-state index in [1.807, 2.05) is 35.2 Å². The van der Waals surface area contributed by atoms with Crippen molar-refractivity contribution in [1.29, 1.82) is 0 Å².